The Kier molecular flexibility index (Phi) is 4.10. The van der Waals surface area contributed by atoms with Crippen LogP contribution in [-0.4, -0.2) is 32.5 Å². The SMILES string of the molecule is CCn1cc(C2=NOC(C(=O)Nc3cc(C)ccn3)C2)c(C)n1. The minimum Gasteiger partial charge on any atom is -0.382 e. The lowest BCUT2D eigenvalue weighted by molar-refractivity contribution is -0.125. The molecule has 1 amide bonds. The molecule has 0 radical (unpaired) electrons. The van der Waals surface area contributed by atoms with Gasteiger partial charge in [0.05, 0.1) is 11.4 Å². The summed E-state index contributed by atoms with van der Waals surface area (Å²) in [5, 5.41) is 11.2. The van der Waals surface area contributed by atoms with Crippen LogP contribution in [0, 0.1) is 13.8 Å². The Morgan fingerprint density at radius 2 is 2.30 bits per heavy atom. The largest absolute Gasteiger partial charge is 0.382 e. The maximum absolute atomic E-state index is 12.3. The monoisotopic (exact) mass is 313 g/mol. The molecule has 0 aliphatic carbocycles. The van der Waals surface area contributed by atoms with Crippen LogP contribution in [-0.2, 0) is 16.2 Å². The first-order valence-electron chi connectivity index (χ1n) is 7.57. The molecule has 7 heteroatoms. The molecule has 1 atom stereocenters. The summed E-state index contributed by atoms with van der Waals surface area (Å²) in [6, 6.07) is 3.68. The molecule has 2 aromatic heterocycles. The van der Waals surface area contributed by atoms with Gasteiger partial charge in [0.2, 0.25) is 6.10 Å². The number of hydrogen-bond donors (Lipinski definition) is 1. The Morgan fingerprint density at radius 3 is 3.00 bits per heavy atom. The summed E-state index contributed by atoms with van der Waals surface area (Å²) in [7, 11) is 0. The standard InChI is InChI=1S/C16H19N5O2/c1-4-21-9-12(11(3)19-21)13-8-14(23-20-13)16(22)18-15-7-10(2)5-6-17-15/h5-7,9,14H,4,8H2,1-3H3,(H,17,18,22). The van der Waals surface area contributed by atoms with Gasteiger partial charge in [-0.05, 0) is 38.5 Å². The highest BCUT2D eigenvalue weighted by atomic mass is 16.6. The van der Waals surface area contributed by atoms with Crippen LogP contribution in [0.3, 0.4) is 0 Å². The van der Waals surface area contributed by atoms with Crippen molar-refractivity contribution in [2.75, 3.05) is 5.32 Å². The number of nitrogens with one attached hydrogen (secondary N) is 1. The van der Waals surface area contributed by atoms with Crippen molar-refractivity contribution in [3.8, 4) is 0 Å². The zero-order valence-electron chi connectivity index (χ0n) is 13.4. The number of carbonyl (C=O) groups excluding carboxylic acids is 1. The topological polar surface area (TPSA) is 81.4 Å². The third-order valence-corrected chi connectivity index (χ3v) is 3.71. The molecule has 0 aromatic carbocycles. The minimum atomic E-state index is -0.642. The Hall–Kier alpha value is -2.70. The van der Waals surface area contributed by atoms with Gasteiger partial charge in [0.1, 0.15) is 5.82 Å². The van der Waals surface area contributed by atoms with Crippen LogP contribution in [0.4, 0.5) is 5.82 Å². The molecule has 1 aliphatic rings. The van der Waals surface area contributed by atoms with E-state index in [9.17, 15) is 4.79 Å². The number of carbonyl (C=O) groups is 1. The highest BCUT2D eigenvalue weighted by Crippen LogP contribution is 2.20. The Labute approximate surface area is 134 Å². The van der Waals surface area contributed by atoms with E-state index in [1.807, 2.05) is 43.8 Å². The van der Waals surface area contributed by atoms with E-state index < -0.39 is 6.10 Å². The van der Waals surface area contributed by atoms with Gasteiger partial charge in [0.25, 0.3) is 5.91 Å². The number of hydrogen-bond acceptors (Lipinski definition) is 5. The molecule has 1 N–H and O–H groups in total. The molecule has 0 saturated heterocycles. The van der Waals surface area contributed by atoms with Gasteiger partial charge in [0, 0.05) is 30.9 Å². The van der Waals surface area contributed by atoms with Crippen molar-refractivity contribution in [1.82, 2.24) is 14.8 Å². The molecule has 23 heavy (non-hydrogen) atoms. The molecular formula is C16H19N5O2. The maximum Gasteiger partial charge on any atom is 0.269 e. The molecule has 7 nitrogen and oxygen atoms in total. The Balaban J connectivity index is 1.66. The van der Waals surface area contributed by atoms with Crippen molar-refractivity contribution in [3.63, 3.8) is 0 Å². The predicted octanol–water partition coefficient (Wildman–Crippen LogP) is 2.05. The molecule has 2 aromatic rings. The summed E-state index contributed by atoms with van der Waals surface area (Å²) in [5.74, 6) is 0.268. The number of anilines is 1. The first-order chi connectivity index (χ1) is 11.1. The second kappa shape index (κ2) is 6.20. The van der Waals surface area contributed by atoms with Gasteiger partial charge in [-0.2, -0.15) is 5.10 Å². The van der Waals surface area contributed by atoms with Crippen LogP contribution < -0.4 is 5.32 Å². The number of aryl methyl sites for hydroxylation is 3. The fraction of sp³-hybridized carbons (Fsp3) is 0.375. The summed E-state index contributed by atoms with van der Waals surface area (Å²) in [6.07, 6.45) is 3.37. The number of nitrogens with zero attached hydrogens (tertiary/aromatic N) is 4. The van der Waals surface area contributed by atoms with Crippen LogP contribution in [0.1, 0.15) is 30.2 Å². The van der Waals surface area contributed by atoms with Gasteiger partial charge in [-0.1, -0.05) is 5.16 Å². The third-order valence-electron chi connectivity index (χ3n) is 3.71. The van der Waals surface area contributed by atoms with E-state index >= 15 is 0 Å². The van der Waals surface area contributed by atoms with Gasteiger partial charge in [0.15, 0.2) is 0 Å². The molecule has 3 heterocycles. The smallest absolute Gasteiger partial charge is 0.269 e. The number of oxime groups is 1. The van der Waals surface area contributed by atoms with Crippen molar-refractivity contribution in [2.45, 2.75) is 39.8 Å². The van der Waals surface area contributed by atoms with Crippen LogP contribution >= 0.6 is 0 Å². The maximum atomic E-state index is 12.3. The number of pyridine rings is 1. The fourth-order valence-electron chi connectivity index (χ4n) is 2.45. The second-order valence-corrected chi connectivity index (χ2v) is 5.53. The van der Waals surface area contributed by atoms with E-state index in [4.69, 9.17) is 4.84 Å². The van der Waals surface area contributed by atoms with Gasteiger partial charge >= 0.3 is 0 Å². The van der Waals surface area contributed by atoms with Gasteiger partial charge in [-0.15, -0.1) is 0 Å². The molecule has 1 unspecified atom stereocenters. The summed E-state index contributed by atoms with van der Waals surface area (Å²) in [6.45, 7) is 6.68. The Bertz CT molecular complexity index is 766. The molecule has 0 saturated carbocycles. The molecule has 0 spiro atoms. The number of aromatic nitrogens is 3. The van der Waals surface area contributed by atoms with E-state index in [1.54, 1.807) is 6.20 Å². The lowest BCUT2D eigenvalue weighted by Gasteiger charge is -2.09. The summed E-state index contributed by atoms with van der Waals surface area (Å²) in [5.41, 5.74) is 3.59. The first kappa shape index (κ1) is 15.2. The first-order valence-corrected chi connectivity index (χ1v) is 7.57. The third kappa shape index (κ3) is 3.23. The van der Waals surface area contributed by atoms with Crippen molar-refractivity contribution in [2.24, 2.45) is 5.16 Å². The minimum absolute atomic E-state index is 0.248. The van der Waals surface area contributed by atoms with E-state index in [0.717, 1.165) is 29.1 Å². The highest BCUT2D eigenvalue weighted by molar-refractivity contribution is 6.06. The number of amides is 1. The normalized spacial score (nSPS) is 16.8. The second-order valence-electron chi connectivity index (χ2n) is 5.53. The van der Waals surface area contributed by atoms with E-state index in [-0.39, 0.29) is 5.91 Å². The zero-order valence-corrected chi connectivity index (χ0v) is 13.4. The van der Waals surface area contributed by atoms with Gasteiger partial charge < -0.3 is 10.2 Å². The van der Waals surface area contributed by atoms with Crippen LogP contribution in [0.5, 0.6) is 0 Å². The molecular weight excluding hydrogens is 294 g/mol. The average Bonchev–Trinajstić information content (AvgIpc) is 3.13. The Morgan fingerprint density at radius 1 is 1.48 bits per heavy atom. The quantitative estimate of drug-likeness (QED) is 0.936. The van der Waals surface area contributed by atoms with E-state index in [2.05, 4.69) is 20.6 Å². The average molecular weight is 313 g/mol. The molecule has 0 fully saturated rings. The van der Waals surface area contributed by atoms with Gasteiger partial charge in [-0.3, -0.25) is 9.48 Å². The van der Waals surface area contributed by atoms with Crippen LogP contribution in [0.2, 0.25) is 0 Å². The molecule has 1 aliphatic heterocycles. The zero-order chi connectivity index (χ0) is 16.4. The summed E-state index contributed by atoms with van der Waals surface area (Å²) >= 11 is 0. The van der Waals surface area contributed by atoms with Gasteiger partial charge in [-0.25, -0.2) is 4.98 Å². The lowest BCUT2D eigenvalue weighted by atomic mass is 10.1. The van der Waals surface area contributed by atoms with E-state index in [0.29, 0.717) is 12.2 Å². The van der Waals surface area contributed by atoms with Crippen LogP contribution in [0.15, 0.2) is 29.7 Å². The van der Waals surface area contributed by atoms with Crippen molar-refractivity contribution >= 4 is 17.4 Å². The molecule has 120 valence electrons. The van der Waals surface area contributed by atoms with Crippen LogP contribution in [0.25, 0.3) is 0 Å². The number of rotatable bonds is 4. The van der Waals surface area contributed by atoms with Crippen molar-refractivity contribution < 1.29 is 9.63 Å². The predicted molar refractivity (Wildman–Crippen MR) is 86.3 cm³/mol. The highest BCUT2D eigenvalue weighted by Gasteiger charge is 2.30. The van der Waals surface area contributed by atoms with Crippen molar-refractivity contribution in [3.05, 3.63) is 41.3 Å². The lowest BCUT2D eigenvalue weighted by Crippen LogP contribution is -2.28. The van der Waals surface area contributed by atoms with Crippen molar-refractivity contribution in [1.29, 1.82) is 0 Å². The fourth-order valence-corrected chi connectivity index (χ4v) is 2.45. The molecule has 3 rings (SSSR count). The summed E-state index contributed by atoms with van der Waals surface area (Å²) < 4.78 is 1.84. The summed E-state index contributed by atoms with van der Waals surface area (Å²) in [4.78, 5) is 21.7. The molecule has 0 bridgehead atoms. The van der Waals surface area contributed by atoms with E-state index in [1.165, 1.54) is 0 Å².